The van der Waals surface area contributed by atoms with Crippen LogP contribution in [0, 0.1) is 5.41 Å². The molecule has 0 saturated carbocycles. The normalized spacial score (nSPS) is 9.47. The summed E-state index contributed by atoms with van der Waals surface area (Å²) in [6.45, 7) is 0.875. The Balaban J connectivity index is 2.54. The summed E-state index contributed by atoms with van der Waals surface area (Å²) in [5.41, 5.74) is 5.98. The largest absolute Gasteiger partial charge is 0.456 e. The summed E-state index contributed by atoms with van der Waals surface area (Å²) in [5, 5.41) is 9.60. The summed E-state index contributed by atoms with van der Waals surface area (Å²) in [6, 6.07) is 3.05. The van der Waals surface area contributed by atoms with E-state index in [1.54, 1.807) is 6.07 Å². The summed E-state index contributed by atoms with van der Waals surface area (Å²) < 4.78 is 4.51. The van der Waals surface area contributed by atoms with Crippen molar-refractivity contribution in [3.63, 3.8) is 0 Å². The molecule has 0 radical (unpaired) electrons. The van der Waals surface area contributed by atoms with Gasteiger partial charge in [-0.25, -0.2) is 0 Å². The lowest BCUT2D eigenvalue weighted by atomic mass is 10.3. The standard InChI is InChI=1S/C10H12N4O3/c1-6(15)17-5-9(16)14-7-2-3-8(10(11)12)13-4-7/h2-4H,5H2,1H3,(H3,11,12)(H,14,16). The molecule has 0 saturated heterocycles. The number of amides is 1. The third-order valence-electron chi connectivity index (χ3n) is 1.73. The Bertz CT molecular complexity index is 441. The average Bonchev–Trinajstić information content (AvgIpc) is 2.27. The van der Waals surface area contributed by atoms with Crippen molar-refractivity contribution in [3.8, 4) is 0 Å². The Morgan fingerprint density at radius 2 is 2.24 bits per heavy atom. The van der Waals surface area contributed by atoms with Crippen molar-refractivity contribution in [3.05, 3.63) is 24.0 Å². The van der Waals surface area contributed by atoms with Crippen LogP contribution < -0.4 is 11.1 Å². The first-order valence-corrected chi connectivity index (χ1v) is 4.72. The summed E-state index contributed by atoms with van der Waals surface area (Å²) in [5.74, 6) is -1.13. The van der Waals surface area contributed by atoms with Crippen molar-refractivity contribution in [2.24, 2.45) is 5.73 Å². The first kappa shape index (κ1) is 12.6. The molecule has 0 bridgehead atoms. The summed E-state index contributed by atoms with van der Waals surface area (Å²) in [6.07, 6.45) is 1.36. The van der Waals surface area contributed by atoms with Crippen LogP contribution in [0.1, 0.15) is 12.6 Å². The van der Waals surface area contributed by atoms with Crippen molar-refractivity contribution in [1.29, 1.82) is 5.41 Å². The van der Waals surface area contributed by atoms with Crippen LogP contribution in [0.2, 0.25) is 0 Å². The summed E-state index contributed by atoms with van der Waals surface area (Å²) in [4.78, 5) is 25.6. The minimum atomic E-state index is -0.523. The molecule has 90 valence electrons. The molecule has 17 heavy (non-hydrogen) atoms. The van der Waals surface area contributed by atoms with Gasteiger partial charge in [-0.2, -0.15) is 0 Å². The molecule has 0 unspecified atom stereocenters. The molecular weight excluding hydrogens is 224 g/mol. The van der Waals surface area contributed by atoms with Crippen molar-refractivity contribution in [1.82, 2.24) is 4.98 Å². The van der Waals surface area contributed by atoms with Crippen LogP contribution in [-0.4, -0.2) is 29.3 Å². The minimum absolute atomic E-state index is 0.150. The summed E-state index contributed by atoms with van der Waals surface area (Å²) in [7, 11) is 0. The number of rotatable bonds is 4. The lowest BCUT2D eigenvalue weighted by molar-refractivity contribution is -0.144. The molecule has 7 nitrogen and oxygen atoms in total. The molecule has 1 aromatic heterocycles. The first-order valence-electron chi connectivity index (χ1n) is 4.72. The maximum absolute atomic E-state index is 11.3. The molecule has 7 heteroatoms. The third-order valence-corrected chi connectivity index (χ3v) is 1.73. The van der Waals surface area contributed by atoms with Crippen LogP contribution in [0.3, 0.4) is 0 Å². The van der Waals surface area contributed by atoms with Gasteiger partial charge in [0.15, 0.2) is 6.61 Å². The van der Waals surface area contributed by atoms with E-state index < -0.39 is 11.9 Å². The van der Waals surface area contributed by atoms with Gasteiger partial charge in [-0.1, -0.05) is 0 Å². The van der Waals surface area contributed by atoms with Gasteiger partial charge in [-0.3, -0.25) is 20.0 Å². The highest BCUT2D eigenvalue weighted by Gasteiger charge is 2.05. The minimum Gasteiger partial charge on any atom is -0.456 e. The maximum Gasteiger partial charge on any atom is 0.303 e. The number of carbonyl (C=O) groups is 2. The molecule has 0 aliphatic rings. The highest BCUT2D eigenvalue weighted by molar-refractivity contribution is 5.95. The zero-order valence-corrected chi connectivity index (χ0v) is 9.19. The molecule has 1 amide bonds. The Hall–Kier alpha value is -2.44. The highest BCUT2D eigenvalue weighted by atomic mass is 16.5. The molecular formula is C10H12N4O3. The smallest absolute Gasteiger partial charge is 0.303 e. The van der Waals surface area contributed by atoms with Gasteiger partial charge in [0.1, 0.15) is 11.5 Å². The van der Waals surface area contributed by atoms with Gasteiger partial charge in [-0.15, -0.1) is 0 Å². The molecule has 0 aliphatic carbocycles. The second-order valence-electron chi connectivity index (χ2n) is 3.17. The quantitative estimate of drug-likeness (QED) is 0.382. The predicted octanol–water partition coefficient (Wildman–Crippen LogP) is -0.133. The van der Waals surface area contributed by atoms with Crippen molar-refractivity contribution in [2.45, 2.75) is 6.92 Å². The fourth-order valence-corrected chi connectivity index (χ4v) is 0.991. The number of pyridine rings is 1. The van der Waals surface area contributed by atoms with E-state index in [0.717, 1.165) is 0 Å². The van der Waals surface area contributed by atoms with E-state index in [1.807, 2.05) is 0 Å². The Morgan fingerprint density at radius 1 is 1.53 bits per heavy atom. The van der Waals surface area contributed by atoms with E-state index in [1.165, 1.54) is 19.2 Å². The second-order valence-corrected chi connectivity index (χ2v) is 3.17. The fraction of sp³-hybridized carbons (Fsp3) is 0.200. The highest BCUT2D eigenvalue weighted by Crippen LogP contribution is 2.05. The molecule has 0 atom stereocenters. The number of ether oxygens (including phenoxy) is 1. The summed E-state index contributed by atoms with van der Waals surface area (Å²) >= 11 is 0. The van der Waals surface area contributed by atoms with Crippen LogP contribution in [-0.2, 0) is 14.3 Å². The van der Waals surface area contributed by atoms with Gasteiger partial charge in [0.05, 0.1) is 11.9 Å². The third kappa shape index (κ3) is 4.29. The van der Waals surface area contributed by atoms with Gasteiger partial charge < -0.3 is 15.8 Å². The SMILES string of the molecule is CC(=O)OCC(=O)Nc1ccc(C(=N)N)nc1. The number of amidine groups is 1. The van der Waals surface area contributed by atoms with Gasteiger partial charge in [0, 0.05) is 6.92 Å². The fourth-order valence-electron chi connectivity index (χ4n) is 0.991. The van der Waals surface area contributed by atoms with E-state index in [0.29, 0.717) is 11.4 Å². The van der Waals surface area contributed by atoms with Crippen LogP contribution in [0.5, 0.6) is 0 Å². The lowest BCUT2D eigenvalue weighted by Gasteiger charge is -2.05. The number of carbonyl (C=O) groups excluding carboxylic acids is 2. The Kier molecular flexibility index (Phi) is 4.15. The predicted molar refractivity (Wildman–Crippen MR) is 60.5 cm³/mol. The number of hydrogen-bond donors (Lipinski definition) is 3. The molecule has 1 rings (SSSR count). The Labute approximate surface area is 97.5 Å². The van der Waals surface area contributed by atoms with E-state index in [2.05, 4.69) is 15.0 Å². The van der Waals surface area contributed by atoms with Crippen LogP contribution in [0.25, 0.3) is 0 Å². The number of nitrogens with one attached hydrogen (secondary N) is 2. The van der Waals surface area contributed by atoms with Crippen molar-refractivity contribution >= 4 is 23.4 Å². The topological polar surface area (TPSA) is 118 Å². The van der Waals surface area contributed by atoms with Crippen LogP contribution >= 0.6 is 0 Å². The second kappa shape index (κ2) is 5.59. The van der Waals surface area contributed by atoms with E-state index >= 15 is 0 Å². The number of esters is 1. The van der Waals surface area contributed by atoms with Gasteiger partial charge >= 0.3 is 5.97 Å². The van der Waals surface area contributed by atoms with E-state index in [4.69, 9.17) is 11.1 Å². The van der Waals surface area contributed by atoms with Crippen molar-refractivity contribution in [2.75, 3.05) is 11.9 Å². The first-order chi connectivity index (χ1) is 7.99. The number of anilines is 1. The number of nitrogen functional groups attached to an aromatic ring is 1. The van der Waals surface area contributed by atoms with Gasteiger partial charge in [0.25, 0.3) is 5.91 Å². The molecule has 0 fully saturated rings. The molecule has 1 aromatic rings. The monoisotopic (exact) mass is 236 g/mol. The van der Waals surface area contributed by atoms with Gasteiger partial charge in [0.2, 0.25) is 0 Å². The number of nitrogens with two attached hydrogens (primary N) is 1. The van der Waals surface area contributed by atoms with Gasteiger partial charge in [-0.05, 0) is 12.1 Å². The number of nitrogens with zero attached hydrogens (tertiary/aromatic N) is 1. The zero-order valence-electron chi connectivity index (χ0n) is 9.19. The lowest BCUT2D eigenvalue weighted by Crippen LogP contribution is -2.20. The average molecular weight is 236 g/mol. The maximum atomic E-state index is 11.3. The Morgan fingerprint density at radius 3 is 2.71 bits per heavy atom. The molecule has 0 aliphatic heterocycles. The number of hydrogen-bond acceptors (Lipinski definition) is 5. The van der Waals surface area contributed by atoms with Crippen LogP contribution in [0.4, 0.5) is 5.69 Å². The molecule has 1 heterocycles. The number of aromatic nitrogens is 1. The molecule has 0 aromatic carbocycles. The van der Waals surface area contributed by atoms with E-state index in [9.17, 15) is 9.59 Å². The van der Waals surface area contributed by atoms with E-state index in [-0.39, 0.29) is 12.4 Å². The van der Waals surface area contributed by atoms with Crippen molar-refractivity contribution < 1.29 is 14.3 Å². The molecule has 4 N–H and O–H groups in total. The van der Waals surface area contributed by atoms with Crippen LogP contribution in [0.15, 0.2) is 18.3 Å². The molecule has 0 spiro atoms. The zero-order chi connectivity index (χ0) is 12.8.